The molecule has 1 aromatic heterocycles. The van der Waals surface area contributed by atoms with Crippen LogP contribution in [0.3, 0.4) is 0 Å². The lowest BCUT2D eigenvalue weighted by Crippen LogP contribution is -2.50. The van der Waals surface area contributed by atoms with Crippen molar-refractivity contribution in [1.82, 2.24) is 14.9 Å². The Morgan fingerprint density at radius 1 is 0.967 bits per heavy atom. The number of aromatic nitrogens is 2. The molecule has 1 saturated heterocycles. The highest BCUT2D eigenvalue weighted by Crippen LogP contribution is 2.23. The molecule has 0 unspecified atom stereocenters. The molecular weight excluding hydrogens is 388 g/mol. The first-order chi connectivity index (χ1) is 14.6. The van der Waals surface area contributed by atoms with E-state index in [0.29, 0.717) is 50.0 Å². The maximum absolute atomic E-state index is 12.4. The lowest BCUT2D eigenvalue weighted by Gasteiger charge is -2.34. The monoisotopic (exact) mass is 414 g/mol. The van der Waals surface area contributed by atoms with Crippen molar-refractivity contribution >= 4 is 17.8 Å². The van der Waals surface area contributed by atoms with Gasteiger partial charge < -0.3 is 24.0 Å². The number of rotatable bonds is 8. The van der Waals surface area contributed by atoms with E-state index in [0.717, 1.165) is 5.56 Å². The minimum absolute atomic E-state index is 0.169. The quantitative estimate of drug-likeness (QED) is 0.597. The number of esters is 1. The Morgan fingerprint density at radius 3 is 2.20 bits per heavy atom. The van der Waals surface area contributed by atoms with Crippen LogP contribution in [0.1, 0.15) is 12.0 Å². The Bertz CT molecular complexity index is 831. The number of ether oxygens (including phenoxy) is 3. The lowest BCUT2D eigenvalue weighted by molar-refractivity contribution is -0.152. The second kappa shape index (κ2) is 10.4. The van der Waals surface area contributed by atoms with Gasteiger partial charge in [0, 0.05) is 51.1 Å². The summed E-state index contributed by atoms with van der Waals surface area (Å²) in [5.41, 5.74) is 0.897. The fourth-order valence-electron chi connectivity index (χ4n) is 3.17. The SMILES string of the molecule is COc1cc(CCC(=O)OCC(=O)N2CCN(c3ncccn3)CC2)cc(OC)c1. The van der Waals surface area contributed by atoms with Crippen molar-refractivity contribution < 1.29 is 23.8 Å². The Balaban J connectivity index is 1.40. The number of nitrogens with zero attached hydrogens (tertiary/aromatic N) is 4. The van der Waals surface area contributed by atoms with E-state index in [2.05, 4.69) is 9.97 Å². The topological polar surface area (TPSA) is 94.1 Å². The highest BCUT2D eigenvalue weighted by molar-refractivity contribution is 5.81. The molecular formula is C21H26N4O5. The van der Waals surface area contributed by atoms with E-state index in [9.17, 15) is 9.59 Å². The molecule has 0 radical (unpaired) electrons. The molecule has 1 aromatic carbocycles. The van der Waals surface area contributed by atoms with E-state index in [-0.39, 0.29) is 18.9 Å². The number of carbonyl (C=O) groups is 2. The number of amides is 1. The van der Waals surface area contributed by atoms with Gasteiger partial charge >= 0.3 is 5.97 Å². The van der Waals surface area contributed by atoms with Crippen molar-refractivity contribution in [1.29, 1.82) is 0 Å². The van der Waals surface area contributed by atoms with Crippen LogP contribution in [-0.2, 0) is 20.7 Å². The molecule has 3 rings (SSSR count). The normalized spacial score (nSPS) is 13.7. The third kappa shape index (κ3) is 5.82. The number of hydrogen-bond donors (Lipinski definition) is 0. The van der Waals surface area contributed by atoms with Gasteiger partial charge in [-0.25, -0.2) is 9.97 Å². The van der Waals surface area contributed by atoms with E-state index in [4.69, 9.17) is 14.2 Å². The molecule has 1 aliphatic heterocycles. The largest absolute Gasteiger partial charge is 0.497 e. The fourth-order valence-corrected chi connectivity index (χ4v) is 3.17. The molecule has 1 aliphatic rings. The summed E-state index contributed by atoms with van der Waals surface area (Å²) in [5.74, 6) is 1.37. The van der Waals surface area contributed by atoms with Crippen LogP contribution in [0.2, 0.25) is 0 Å². The van der Waals surface area contributed by atoms with Crippen LogP contribution >= 0.6 is 0 Å². The van der Waals surface area contributed by atoms with Gasteiger partial charge in [-0.2, -0.15) is 0 Å². The van der Waals surface area contributed by atoms with Gasteiger partial charge in [-0.15, -0.1) is 0 Å². The Hall–Kier alpha value is -3.36. The fraction of sp³-hybridized carbons (Fsp3) is 0.429. The van der Waals surface area contributed by atoms with E-state index >= 15 is 0 Å². The Labute approximate surface area is 175 Å². The van der Waals surface area contributed by atoms with Crippen molar-refractivity contribution in [2.24, 2.45) is 0 Å². The summed E-state index contributed by atoms with van der Waals surface area (Å²) in [6.45, 7) is 2.11. The lowest BCUT2D eigenvalue weighted by atomic mass is 10.1. The summed E-state index contributed by atoms with van der Waals surface area (Å²) in [5, 5.41) is 0. The van der Waals surface area contributed by atoms with Gasteiger partial charge in [-0.3, -0.25) is 9.59 Å². The van der Waals surface area contributed by atoms with E-state index in [1.165, 1.54) is 0 Å². The molecule has 30 heavy (non-hydrogen) atoms. The van der Waals surface area contributed by atoms with Crippen LogP contribution in [0.15, 0.2) is 36.7 Å². The molecule has 9 heteroatoms. The molecule has 0 atom stereocenters. The van der Waals surface area contributed by atoms with Gasteiger partial charge in [0.25, 0.3) is 5.91 Å². The van der Waals surface area contributed by atoms with Crippen molar-refractivity contribution in [2.45, 2.75) is 12.8 Å². The molecule has 0 bridgehead atoms. The molecule has 1 amide bonds. The average Bonchev–Trinajstić information content (AvgIpc) is 2.81. The first kappa shape index (κ1) is 21.4. The first-order valence-electron chi connectivity index (χ1n) is 9.76. The summed E-state index contributed by atoms with van der Waals surface area (Å²) in [4.78, 5) is 36.6. The summed E-state index contributed by atoms with van der Waals surface area (Å²) >= 11 is 0. The first-order valence-corrected chi connectivity index (χ1v) is 9.76. The van der Waals surface area contributed by atoms with Gasteiger partial charge in [-0.1, -0.05) is 0 Å². The number of aryl methyl sites for hydroxylation is 1. The van der Waals surface area contributed by atoms with E-state index in [1.807, 2.05) is 17.0 Å². The second-order valence-corrected chi connectivity index (χ2v) is 6.80. The van der Waals surface area contributed by atoms with Gasteiger partial charge in [-0.05, 0) is 30.2 Å². The summed E-state index contributed by atoms with van der Waals surface area (Å²) in [6.07, 6.45) is 4.03. The molecule has 160 valence electrons. The predicted octanol–water partition coefficient (Wildman–Crippen LogP) is 1.32. The van der Waals surface area contributed by atoms with Crippen LogP contribution in [0.5, 0.6) is 11.5 Å². The standard InChI is InChI=1S/C21H26N4O5/c1-28-17-12-16(13-18(14-17)29-2)4-5-20(27)30-15-19(26)24-8-10-25(11-9-24)21-22-6-3-7-23-21/h3,6-7,12-14H,4-5,8-11,15H2,1-2H3. The molecule has 0 N–H and O–H groups in total. The van der Waals surface area contributed by atoms with Gasteiger partial charge in [0.15, 0.2) is 6.61 Å². The molecule has 2 aromatic rings. The van der Waals surface area contributed by atoms with Crippen molar-refractivity contribution in [2.75, 3.05) is 51.9 Å². The molecule has 0 aliphatic carbocycles. The summed E-state index contributed by atoms with van der Waals surface area (Å²) in [6, 6.07) is 7.22. The number of benzene rings is 1. The maximum atomic E-state index is 12.4. The number of hydrogen-bond acceptors (Lipinski definition) is 8. The van der Waals surface area contributed by atoms with Gasteiger partial charge in [0.1, 0.15) is 11.5 Å². The number of anilines is 1. The molecule has 2 heterocycles. The van der Waals surface area contributed by atoms with Crippen molar-refractivity contribution in [3.63, 3.8) is 0 Å². The third-order valence-electron chi connectivity index (χ3n) is 4.85. The van der Waals surface area contributed by atoms with Crippen LogP contribution in [-0.4, -0.2) is 73.7 Å². The highest BCUT2D eigenvalue weighted by atomic mass is 16.5. The van der Waals surface area contributed by atoms with Gasteiger partial charge in [0.05, 0.1) is 14.2 Å². The zero-order valence-corrected chi connectivity index (χ0v) is 17.2. The minimum atomic E-state index is -0.415. The molecule has 0 spiro atoms. The molecule has 9 nitrogen and oxygen atoms in total. The van der Waals surface area contributed by atoms with Crippen molar-refractivity contribution in [3.8, 4) is 11.5 Å². The maximum Gasteiger partial charge on any atom is 0.306 e. The Kier molecular flexibility index (Phi) is 7.42. The average molecular weight is 414 g/mol. The van der Waals surface area contributed by atoms with E-state index in [1.54, 1.807) is 43.6 Å². The second-order valence-electron chi connectivity index (χ2n) is 6.80. The van der Waals surface area contributed by atoms with Crippen LogP contribution in [0.25, 0.3) is 0 Å². The minimum Gasteiger partial charge on any atom is -0.497 e. The third-order valence-corrected chi connectivity index (χ3v) is 4.85. The zero-order valence-electron chi connectivity index (χ0n) is 17.2. The summed E-state index contributed by atoms with van der Waals surface area (Å²) in [7, 11) is 3.15. The van der Waals surface area contributed by atoms with Gasteiger partial charge in [0.2, 0.25) is 5.95 Å². The smallest absolute Gasteiger partial charge is 0.306 e. The molecule has 0 saturated carbocycles. The number of piperazine rings is 1. The number of carbonyl (C=O) groups excluding carboxylic acids is 2. The van der Waals surface area contributed by atoms with Crippen LogP contribution in [0.4, 0.5) is 5.95 Å². The Morgan fingerprint density at radius 2 is 1.60 bits per heavy atom. The summed E-state index contributed by atoms with van der Waals surface area (Å²) < 4.78 is 15.6. The van der Waals surface area contributed by atoms with E-state index < -0.39 is 5.97 Å². The zero-order chi connectivity index (χ0) is 21.3. The number of methoxy groups -OCH3 is 2. The van der Waals surface area contributed by atoms with Crippen LogP contribution < -0.4 is 14.4 Å². The van der Waals surface area contributed by atoms with Crippen molar-refractivity contribution in [3.05, 3.63) is 42.2 Å². The highest BCUT2D eigenvalue weighted by Gasteiger charge is 2.23. The van der Waals surface area contributed by atoms with Crippen LogP contribution in [0, 0.1) is 0 Å². The molecule has 1 fully saturated rings. The predicted molar refractivity (Wildman–Crippen MR) is 110 cm³/mol.